The van der Waals surface area contributed by atoms with Gasteiger partial charge in [0.1, 0.15) is 0 Å². The van der Waals surface area contributed by atoms with Crippen molar-refractivity contribution in [3.05, 3.63) is 11.9 Å². The van der Waals surface area contributed by atoms with Crippen LogP contribution in [0.5, 0.6) is 0 Å². The van der Waals surface area contributed by atoms with Gasteiger partial charge in [0, 0.05) is 31.4 Å². The van der Waals surface area contributed by atoms with Gasteiger partial charge < -0.3 is 10.6 Å². The van der Waals surface area contributed by atoms with Crippen LogP contribution in [0, 0.1) is 0 Å². The molecule has 1 heterocycles. The second kappa shape index (κ2) is 3.44. The van der Waals surface area contributed by atoms with Gasteiger partial charge in [-0.1, -0.05) is 0 Å². The van der Waals surface area contributed by atoms with Crippen LogP contribution >= 0.6 is 0 Å². The lowest BCUT2D eigenvalue weighted by atomic mass is 10.4. The average Bonchev–Trinajstić information content (AvgIpc) is 2.31. The molecule has 2 N–H and O–H groups in total. The second-order valence-electron chi connectivity index (χ2n) is 2.53. The van der Waals surface area contributed by atoms with Crippen LogP contribution in [0.15, 0.2) is 11.9 Å². The highest BCUT2D eigenvalue weighted by atomic mass is 19.1. The summed E-state index contributed by atoms with van der Waals surface area (Å²) in [6.45, 7) is 1.53. The molecule has 0 bridgehead atoms. The third-order valence-corrected chi connectivity index (χ3v) is 1.62. The van der Waals surface area contributed by atoms with Gasteiger partial charge in [-0.2, -0.15) is 0 Å². The molecule has 0 radical (unpaired) electrons. The smallest absolute Gasteiger partial charge is 0.0911 e. The molecule has 2 nitrogen and oxygen atoms in total. The standard InChI is InChI=1S/C7H13FN2/c8-3-1-4-10-5-2-7(9)6-10/h6H,1-5,9H2. The molecule has 58 valence electrons. The topological polar surface area (TPSA) is 29.3 Å². The van der Waals surface area contributed by atoms with E-state index in [9.17, 15) is 4.39 Å². The summed E-state index contributed by atoms with van der Waals surface area (Å²) in [5.41, 5.74) is 6.44. The molecule has 0 saturated heterocycles. The van der Waals surface area contributed by atoms with E-state index in [-0.39, 0.29) is 6.67 Å². The Bertz CT molecular complexity index is 134. The minimum absolute atomic E-state index is 0.232. The van der Waals surface area contributed by atoms with Crippen molar-refractivity contribution >= 4 is 0 Å². The lowest BCUT2D eigenvalue weighted by Crippen LogP contribution is -2.15. The van der Waals surface area contributed by atoms with Crippen LogP contribution in [0.1, 0.15) is 12.8 Å². The van der Waals surface area contributed by atoms with E-state index in [2.05, 4.69) is 4.90 Å². The molecule has 0 fully saturated rings. The summed E-state index contributed by atoms with van der Waals surface area (Å²) < 4.78 is 11.7. The summed E-state index contributed by atoms with van der Waals surface area (Å²) >= 11 is 0. The van der Waals surface area contributed by atoms with Gasteiger partial charge in [-0.15, -0.1) is 0 Å². The summed E-state index contributed by atoms with van der Waals surface area (Å²) in [6, 6.07) is 0. The molecule has 0 aromatic rings. The number of nitrogens with two attached hydrogens (primary N) is 1. The van der Waals surface area contributed by atoms with Crippen LogP contribution in [0.25, 0.3) is 0 Å². The van der Waals surface area contributed by atoms with Crippen LogP contribution in [0.3, 0.4) is 0 Å². The Labute approximate surface area is 60.5 Å². The fourth-order valence-corrected chi connectivity index (χ4v) is 1.08. The zero-order valence-corrected chi connectivity index (χ0v) is 6.02. The van der Waals surface area contributed by atoms with E-state index < -0.39 is 0 Å². The first-order chi connectivity index (χ1) is 4.83. The van der Waals surface area contributed by atoms with Crippen molar-refractivity contribution < 1.29 is 4.39 Å². The molecule has 10 heavy (non-hydrogen) atoms. The Kier molecular flexibility index (Phi) is 2.54. The predicted molar refractivity (Wildman–Crippen MR) is 39.1 cm³/mol. The van der Waals surface area contributed by atoms with Crippen LogP contribution in [-0.2, 0) is 0 Å². The zero-order chi connectivity index (χ0) is 7.40. The van der Waals surface area contributed by atoms with Crippen molar-refractivity contribution in [2.45, 2.75) is 12.8 Å². The summed E-state index contributed by atoms with van der Waals surface area (Å²) in [7, 11) is 0. The molecule has 0 spiro atoms. The van der Waals surface area contributed by atoms with Gasteiger partial charge in [-0.3, -0.25) is 4.39 Å². The van der Waals surface area contributed by atoms with Crippen LogP contribution in [0.2, 0.25) is 0 Å². The van der Waals surface area contributed by atoms with Gasteiger partial charge in [-0.25, -0.2) is 0 Å². The second-order valence-corrected chi connectivity index (χ2v) is 2.53. The van der Waals surface area contributed by atoms with Crippen LogP contribution in [0.4, 0.5) is 4.39 Å². The molecule has 0 aromatic heterocycles. The van der Waals surface area contributed by atoms with Gasteiger partial charge in [0.15, 0.2) is 0 Å². The van der Waals surface area contributed by atoms with E-state index in [4.69, 9.17) is 5.73 Å². The van der Waals surface area contributed by atoms with E-state index in [0.29, 0.717) is 6.42 Å². The number of halogens is 1. The Hall–Kier alpha value is -0.730. The number of hydrogen-bond donors (Lipinski definition) is 1. The maximum atomic E-state index is 11.7. The predicted octanol–water partition coefficient (Wildman–Crippen LogP) is 0.852. The molecule has 0 atom stereocenters. The van der Waals surface area contributed by atoms with Gasteiger partial charge >= 0.3 is 0 Å². The number of hydrogen-bond acceptors (Lipinski definition) is 2. The average molecular weight is 144 g/mol. The maximum Gasteiger partial charge on any atom is 0.0911 e. The lowest BCUT2D eigenvalue weighted by molar-refractivity contribution is 0.361. The normalized spacial score (nSPS) is 17.7. The molecule has 3 heteroatoms. The number of nitrogens with zero attached hydrogens (tertiary/aromatic N) is 1. The van der Waals surface area contributed by atoms with Crippen molar-refractivity contribution in [3.8, 4) is 0 Å². The van der Waals surface area contributed by atoms with Crippen LogP contribution < -0.4 is 5.73 Å². The SMILES string of the molecule is NC1=CN(CCCF)CC1. The summed E-state index contributed by atoms with van der Waals surface area (Å²) in [5, 5.41) is 0. The first kappa shape index (κ1) is 7.38. The van der Waals surface area contributed by atoms with Crippen molar-refractivity contribution in [1.82, 2.24) is 4.90 Å². The lowest BCUT2D eigenvalue weighted by Gasteiger charge is -2.12. The number of alkyl halides is 1. The summed E-state index contributed by atoms with van der Waals surface area (Å²) in [4.78, 5) is 2.06. The van der Waals surface area contributed by atoms with Gasteiger partial charge in [-0.05, 0) is 6.42 Å². The highest BCUT2D eigenvalue weighted by Gasteiger charge is 2.07. The quantitative estimate of drug-likeness (QED) is 0.636. The van der Waals surface area contributed by atoms with E-state index in [1.165, 1.54) is 0 Å². The molecular formula is C7H13FN2. The summed E-state index contributed by atoms with van der Waals surface area (Å²) in [6.07, 6.45) is 3.46. The zero-order valence-electron chi connectivity index (χ0n) is 6.02. The largest absolute Gasteiger partial charge is 0.401 e. The van der Waals surface area contributed by atoms with Crippen LogP contribution in [-0.4, -0.2) is 24.7 Å². The molecule has 0 unspecified atom stereocenters. The minimum Gasteiger partial charge on any atom is -0.401 e. The first-order valence-corrected chi connectivity index (χ1v) is 3.59. The maximum absolute atomic E-state index is 11.7. The molecular weight excluding hydrogens is 131 g/mol. The Morgan fingerprint density at radius 2 is 2.50 bits per heavy atom. The van der Waals surface area contributed by atoms with Gasteiger partial charge in [0.05, 0.1) is 6.67 Å². The Morgan fingerprint density at radius 3 is 3.00 bits per heavy atom. The molecule has 1 aliphatic rings. The van der Waals surface area contributed by atoms with E-state index >= 15 is 0 Å². The fourth-order valence-electron chi connectivity index (χ4n) is 1.08. The van der Waals surface area contributed by atoms with E-state index in [1.54, 1.807) is 0 Å². The highest BCUT2D eigenvalue weighted by molar-refractivity contribution is 5.02. The number of rotatable bonds is 3. The van der Waals surface area contributed by atoms with E-state index in [0.717, 1.165) is 25.2 Å². The molecule has 0 aromatic carbocycles. The highest BCUT2D eigenvalue weighted by Crippen LogP contribution is 2.08. The Morgan fingerprint density at radius 1 is 1.70 bits per heavy atom. The van der Waals surface area contributed by atoms with Crippen molar-refractivity contribution in [1.29, 1.82) is 0 Å². The molecule has 0 saturated carbocycles. The van der Waals surface area contributed by atoms with Crippen molar-refractivity contribution in [2.24, 2.45) is 5.73 Å². The molecule has 1 aliphatic heterocycles. The fraction of sp³-hybridized carbons (Fsp3) is 0.714. The van der Waals surface area contributed by atoms with Gasteiger partial charge in [0.2, 0.25) is 0 Å². The first-order valence-electron chi connectivity index (χ1n) is 3.59. The minimum atomic E-state index is -0.232. The third kappa shape index (κ3) is 1.90. The van der Waals surface area contributed by atoms with Crippen molar-refractivity contribution in [3.63, 3.8) is 0 Å². The van der Waals surface area contributed by atoms with E-state index in [1.807, 2.05) is 6.20 Å². The van der Waals surface area contributed by atoms with Crippen molar-refractivity contribution in [2.75, 3.05) is 19.8 Å². The monoisotopic (exact) mass is 144 g/mol. The molecule has 0 amide bonds. The third-order valence-electron chi connectivity index (χ3n) is 1.62. The van der Waals surface area contributed by atoms with Gasteiger partial charge in [0.25, 0.3) is 0 Å². The molecule has 1 rings (SSSR count). The summed E-state index contributed by atoms with van der Waals surface area (Å²) in [5.74, 6) is 0. The Balaban J connectivity index is 2.18. The molecule has 0 aliphatic carbocycles.